The number of amides is 2. The molecule has 18 heavy (non-hydrogen) atoms. The van der Waals surface area contributed by atoms with E-state index in [9.17, 15) is 9.59 Å². The third-order valence-electron chi connectivity index (χ3n) is 2.69. The third-order valence-corrected chi connectivity index (χ3v) is 2.69. The van der Waals surface area contributed by atoms with Gasteiger partial charge in [0, 0.05) is 32.7 Å². The molecule has 1 aliphatic heterocycles. The van der Waals surface area contributed by atoms with Crippen LogP contribution in [0.1, 0.15) is 13.8 Å². The maximum atomic E-state index is 11.4. The van der Waals surface area contributed by atoms with Crippen LogP contribution in [-0.2, 0) is 14.3 Å². The van der Waals surface area contributed by atoms with Crippen LogP contribution in [0.25, 0.3) is 0 Å². The largest absolute Gasteiger partial charge is 0.379 e. The van der Waals surface area contributed by atoms with Gasteiger partial charge in [0.2, 0.25) is 0 Å². The summed E-state index contributed by atoms with van der Waals surface area (Å²) < 4.78 is 5.23. The predicted octanol–water partition coefficient (Wildman–Crippen LogP) is -0.793. The number of rotatable bonds is 5. The highest BCUT2D eigenvalue weighted by molar-refractivity contribution is 6.35. The molecule has 104 valence electrons. The lowest BCUT2D eigenvalue weighted by Crippen LogP contribution is -2.45. The topological polar surface area (TPSA) is 70.7 Å². The van der Waals surface area contributed by atoms with E-state index in [1.165, 1.54) is 0 Å². The summed E-state index contributed by atoms with van der Waals surface area (Å²) in [5, 5.41) is 5.21. The van der Waals surface area contributed by atoms with E-state index in [-0.39, 0.29) is 0 Å². The Morgan fingerprint density at radius 3 is 2.39 bits per heavy atom. The fraction of sp³-hybridized carbons (Fsp3) is 0.833. The van der Waals surface area contributed by atoms with Crippen molar-refractivity contribution >= 4 is 11.8 Å². The van der Waals surface area contributed by atoms with Crippen molar-refractivity contribution in [1.29, 1.82) is 0 Å². The Hall–Kier alpha value is -1.14. The zero-order chi connectivity index (χ0) is 13.4. The normalized spacial score (nSPS) is 16.6. The van der Waals surface area contributed by atoms with Crippen molar-refractivity contribution in [2.75, 3.05) is 45.9 Å². The summed E-state index contributed by atoms with van der Waals surface area (Å²) in [6.07, 6.45) is 0. The van der Waals surface area contributed by atoms with E-state index in [0.717, 1.165) is 32.8 Å². The number of nitrogens with one attached hydrogen (secondary N) is 2. The zero-order valence-electron chi connectivity index (χ0n) is 11.2. The average Bonchev–Trinajstić information content (AvgIpc) is 2.37. The Morgan fingerprint density at radius 1 is 1.17 bits per heavy atom. The fourth-order valence-electron chi connectivity index (χ4n) is 1.61. The van der Waals surface area contributed by atoms with Crippen LogP contribution < -0.4 is 10.6 Å². The van der Waals surface area contributed by atoms with Gasteiger partial charge in [-0.25, -0.2) is 0 Å². The molecule has 6 nitrogen and oxygen atoms in total. The predicted molar refractivity (Wildman–Crippen MR) is 68.1 cm³/mol. The zero-order valence-corrected chi connectivity index (χ0v) is 11.2. The summed E-state index contributed by atoms with van der Waals surface area (Å²) in [5.74, 6) is -0.760. The van der Waals surface area contributed by atoms with Gasteiger partial charge in [0.1, 0.15) is 0 Å². The lowest BCUT2D eigenvalue weighted by Gasteiger charge is -2.26. The van der Waals surface area contributed by atoms with Crippen LogP contribution in [-0.4, -0.2) is 62.7 Å². The molecule has 0 unspecified atom stereocenters. The molecule has 2 N–H and O–H groups in total. The van der Waals surface area contributed by atoms with Gasteiger partial charge in [-0.15, -0.1) is 0 Å². The molecule has 0 spiro atoms. The van der Waals surface area contributed by atoms with Crippen molar-refractivity contribution in [1.82, 2.24) is 15.5 Å². The van der Waals surface area contributed by atoms with Crippen molar-refractivity contribution in [3.8, 4) is 0 Å². The number of hydrogen-bond donors (Lipinski definition) is 2. The van der Waals surface area contributed by atoms with Crippen LogP contribution in [0.15, 0.2) is 0 Å². The molecule has 0 radical (unpaired) electrons. The van der Waals surface area contributed by atoms with Crippen LogP contribution >= 0.6 is 0 Å². The molecule has 0 aromatic carbocycles. The molecule has 0 saturated carbocycles. The Kier molecular flexibility index (Phi) is 6.67. The molecule has 1 rings (SSSR count). The molecule has 6 heteroatoms. The first-order chi connectivity index (χ1) is 8.59. The van der Waals surface area contributed by atoms with Gasteiger partial charge in [-0.2, -0.15) is 0 Å². The van der Waals surface area contributed by atoms with E-state index in [0.29, 0.717) is 19.0 Å². The molecule has 2 amide bonds. The van der Waals surface area contributed by atoms with E-state index < -0.39 is 11.8 Å². The highest BCUT2D eigenvalue weighted by Gasteiger charge is 2.14. The van der Waals surface area contributed by atoms with Gasteiger partial charge in [-0.1, -0.05) is 13.8 Å². The van der Waals surface area contributed by atoms with E-state index in [1.807, 2.05) is 13.8 Å². The van der Waals surface area contributed by atoms with Gasteiger partial charge in [-0.05, 0) is 5.92 Å². The Morgan fingerprint density at radius 2 is 1.78 bits per heavy atom. The molecule has 0 aliphatic carbocycles. The SMILES string of the molecule is CC(C)CNC(=O)C(=O)NCCN1CCOCC1. The number of carbonyl (C=O) groups excluding carboxylic acids is 2. The monoisotopic (exact) mass is 257 g/mol. The average molecular weight is 257 g/mol. The molecule has 1 saturated heterocycles. The quantitative estimate of drug-likeness (QED) is 0.633. The highest BCUT2D eigenvalue weighted by Crippen LogP contribution is 1.94. The molecular formula is C12H23N3O3. The summed E-state index contributed by atoms with van der Waals surface area (Å²) in [6, 6.07) is 0. The Balaban J connectivity index is 2.10. The van der Waals surface area contributed by atoms with Crippen LogP contribution in [0.3, 0.4) is 0 Å². The van der Waals surface area contributed by atoms with Crippen LogP contribution in [0, 0.1) is 5.92 Å². The summed E-state index contributed by atoms with van der Waals surface area (Å²) in [5.41, 5.74) is 0. The number of morpholine rings is 1. The van der Waals surface area contributed by atoms with Gasteiger partial charge in [0.05, 0.1) is 13.2 Å². The van der Waals surface area contributed by atoms with Crippen molar-refractivity contribution in [2.24, 2.45) is 5.92 Å². The minimum Gasteiger partial charge on any atom is -0.379 e. The Labute approximate surface area is 108 Å². The van der Waals surface area contributed by atoms with Gasteiger partial charge in [0.15, 0.2) is 0 Å². The lowest BCUT2D eigenvalue weighted by molar-refractivity contribution is -0.139. The number of nitrogens with zero attached hydrogens (tertiary/aromatic N) is 1. The minimum absolute atomic E-state index is 0.343. The lowest BCUT2D eigenvalue weighted by atomic mass is 10.2. The van der Waals surface area contributed by atoms with E-state index in [1.54, 1.807) is 0 Å². The second kappa shape index (κ2) is 8.05. The van der Waals surface area contributed by atoms with Crippen LogP contribution in [0.2, 0.25) is 0 Å². The molecule has 1 aliphatic rings. The smallest absolute Gasteiger partial charge is 0.309 e. The first-order valence-electron chi connectivity index (χ1n) is 6.45. The second-order valence-corrected chi connectivity index (χ2v) is 4.81. The van der Waals surface area contributed by atoms with Crippen molar-refractivity contribution in [3.05, 3.63) is 0 Å². The fourth-order valence-corrected chi connectivity index (χ4v) is 1.61. The molecule has 0 aromatic heterocycles. The highest BCUT2D eigenvalue weighted by atomic mass is 16.5. The summed E-state index contributed by atoms with van der Waals surface area (Å²) in [4.78, 5) is 25.0. The standard InChI is InChI=1S/C12H23N3O3/c1-10(2)9-14-12(17)11(16)13-3-4-15-5-7-18-8-6-15/h10H,3-9H2,1-2H3,(H,13,16)(H,14,17). The molecule has 0 bridgehead atoms. The van der Waals surface area contributed by atoms with Crippen molar-refractivity contribution < 1.29 is 14.3 Å². The maximum Gasteiger partial charge on any atom is 0.309 e. The second-order valence-electron chi connectivity index (χ2n) is 4.81. The molecule has 1 fully saturated rings. The Bertz CT molecular complexity index is 276. The van der Waals surface area contributed by atoms with Gasteiger partial charge in [-0.3, -0.25) is 14.5 Å². The van der Waals surface area contributed by atoms with E-state index >= 15 is 0 Å². The summed E-state index contributed by atoms with van der Waals surface area (Å²) >= 11 is 0. The first-order valence-corrected chi connectivity index (χ1v) is 6.45. The maximum absolute atomic E-state index is 11.4. The summed E-state index contributed by atoms with van der Waals surface area (Å²) in [7, 11) is 0. The number of carbonyl (C=O) groups is 2. The van der Waals surface area contributed by atoms with Crippen LogP contribution in [0.4, 0.5) is 0 Å². The third kappa shape index (κ3) is 5.97. The molecule has 0 atom stereocenters. The number of ether oxygens (including phenoxy) is 1. The molecular weight excluding hydrogens is 234 g/mol. The van der Waals surface area contributed by atoms with Crippen molar-refractivity contribution in [3.63, 3.8) is 0 Å². The molecule has 0 aromatic rings. The van der Waals surface area contributed by atoms with Crippen LogP contribution in [0.5, 0.6) is 0 Å². The number of hydrogen-bond acceptors (Lipinski definition) is 4. The van der Waals surface area contributed by atoms with E-state index in [4.69, 9.17) is 4.74 Å². The summed E-state index contributed by atoms with van der Waals surface area (Å²) in [6.45, 7) is 8.99. The molecule has 1 heterocycles. The van der Waals surface area contributed by atoms with E-state index in [2.05, 4.69) is 15.5 Å². The van der Waals surface area contributed by atoms with Gasteiger partial charge >= 0.3 is 11.8 Å². The van der Waals surface area contributed by atoms with Gasteiger partial charge in [0.25, 0.3) is 0 Å². The minimum atomic E-state index is -0.552. The van der Waals surface area contributed by atoms with Crippen molar-refractivity contribution in [2.45, 2.75) is 13.8 Å². The first kappa shape index (κ1) is 14.9. The van der Waals surface area contributed by atoms with Gasteiger partial charge < -0.3 is 15.4 Å².